The summed E-state index contributed by atoms with van der Waals surface area (Å²) < 4.78 is 5.15. The first-order valence-electron chi connectivity index (χ1n) is 7.43. The number of amides is 1. The van der Waals surface area contributed by atoms with Gasteiger partial charge < -0.3 is 10.1 Å². The molecule has 0 aromatic rings. The van der Waals surface area contributed by atoms with Crippen molar-refractivity contribution < 1.29 is 9.53 Å². The van der Waals surface area contributed by atoms with Crippen molar-refractivity contribution in [3.63, 3.8) is 0 Å². The van der Waals surface area contributed by atoms with Crippen LogP contribution >= 0.6 is 0 Å². The molecule has 1 N–H and O–H groups in total. The highest BCUT2D eigenvalue weighted by molar-refractivity contribution is 5.67. The van der Waals surface area contributed by atoms with Crippen LogP contribution in [0.2, 0.25) is 0 Å². The average molecular weight is 284 g/mol. The molecule has 0 rings (SSSR count). The molecule has 0 aliphatic rings. The number of hydrogen-bond acceptors (Lipinski definition) is 3. The van der Waals surface area contributed by atoms with Crippen LogP contribution < -0.4 is 5.32 Å². The molecule has 0 bridgehead atoms. The van der Waals surface area contributed by atoms with Gasteiger partial charge >= 0.3 is 6.09 Å². The summed E-state index contributed by atoms with van der Waals surface area (Å²) in [5.74, 6) is 0. The monoisotopic (exact) mass is 284 g/mol. The molecule has 1 amide bonds. The molecule has 0 unspecified atom stereocenters. The summed E-state index contributed by atoms with van der Waals surface area (Å²) in [5.41, 5.74) is 7.68. The van der Waals surface area contributed by atoms with Crippen molar-refractivity contribution in [2.45, 2.75) is 71.3 Å². The van der Waals surface area contributed by atoms with E-state index in [9.17, 15) is 4.79 Å². The number of nitrogens with one attached hydrogen (secondary N) is 1. The Labute approximate surface area is 121 Å². The lowest BCUT2D eigenvalue weighted by Gasteiger charge is -2.19. The average Bonchev–Trinajstić information content (AvgIpc) is 2.34. The maximum Gasteiger partial charge on any atom is 0.407 e. The number of unbranched alkanes of at least 4 members (excludes halogenated alkanes) is 6. The molecule has 0 spiro atoms. The number of carbonyl (C=O) groups excluding carboxylic acids is 1. The van der Waals surface area contributed by atoms with Crippen LogP contribution in [0.15, 0.2) is 5.11 Å². The summed E-state index contributed by atoms with van der Waals surface area (Å²) in [4.78, 5) is 14.1. The molecule has 6 heteroatoms. The van der Waals surface area contributed by atoms with Crippen LogP contribution in [0, 0.1) is 0 Å². The van der Waals surface area contributed by atoms with Crippen molar-refractivity contribution in [2.75, 3.05) is 13.1 Å². The van der Waals surface area contributed by atoms with Crippen LogP contribution in [0.1, 0.15) is 65.7 Å². The maximum absolute atomic E-state index is 11.4. The summed E-state index contributed by atoms with van der Waals surface area (Å²) in [5, 5.41) is 6.26. The van der Waals surface area contributed by atoms with E-state index in [0.717, 1.165) is 25.7 Å². The Kier molecular flexibility index (Phi) is 10.6. The summed E-state index contributed by atoms with van der Waals surface area (Å²) >= 11 is 0. The molecule has 20 heavy (non-hydrogen) atoms. The molecule has 0 aliphatic heterocycles. The van der Waals surface area contributed by atoms with Gasteiger partial charge in [0, 0.05) is 18.0 Å². The van der Waals surface area contributed by atoms with Crippen molar-refractivity contribution in [3.8, 4) is 0 Å². The smallest absolute Gasteiger partial charge is 0.407 e. The quantitative estimate of drug-likeness (QED) is 0.276. The second-order valence-electron chi connectivity index (χ2n) is 5.86. The SMILES string of the molecule is CC(C)(C)OC(=O)NCCCCCCCCCN=[N+]=[N-]. The number of carbonyl (C=O) groups is 1. The zero-order valence-electron chi connectivity index (χ0n) is 13.0. The molecule has 0 saturated carbocycles. The Morgan fingerprint density at radius 1 is 1.10 bits per heavy atom. The van der Waals surface area contributed by atoms with Crippen molar-refractivity contribution in [2.24, 2.45) is 5.11 Å². The van der Waals surface area contributed by atoms with Crippen LogP contribution in [0.4, 0.5) is 4.79 Å². The first kappa shape index (κ1) is 18.6. The van der Waals surface area contributed by atoms with Gasteiger partial charge in [-0.1, -0.05) is 37.2 Å². The van der Waals surface area contributed by atoms with E-state index in [1.165, 1.54) is 19.3 Å². The number of ether oxygens (including phenoxy) is 1. The van der Waals surface area contributed by atoms with Gasteiger partial charge in [0.15, 0.2) is 0 Å². The fourth-order valence-corrected chi connectivity index (χ4v) is 1.74. The molecular weight excluding hydrogens is 256 g/mol. The van der Waals surface area contributed by atoms with Gasteiger partial charge in [0.25, 0.3) is 0 Å². The highest BCUT2D eigenvalue weighted by Crippen LogP contribution is 2.08. The molecule has 0 fully saturated rings. The molecule has 0 atom stereocenters. The molecular formula is C14H28N4O2. The third-order valence-corrected chi connectivity index (χ3v) is 2.67. The third-order valence-electron chi connectivity index (χ3n) is 2.67. The van der Waals surface area contributed by atoms with E-state index in [0.29, 0.717) is 13.1 Å². The molecule has 116 valence electrons. The van der Waals surface area contributed by atoms with Crippen LogP contribution in [-0.2, 0) is 4.74 Å². The minimum atomic E-state index is -0.431. The molecule has 0 aromatic carbocycles. The summed E-state index contributed by atoms with van der Waals surface area (Å²) in [6.07, 6.45) is 7.42. The molecule has 0 aromatic heterocycles. The van der Waals surface area contributed by atoms with Crippen molar-refractivity contribution in [1.29, 1.82) is 0 Å². The number of hydrogen-bond donors (Lipinski definition) is 1. The number of alkyl carbamates (subject to hydrolysis) is 1. The highest BCUT2D eigenvalue weighted by atomic mass is 16.6. The van der Waals surface area contributed by atoms with Crippen LogP contribution in [-0.4, -0.2) is 24.8 Å². The summed E-state index contributed by atoms with van der Waals surface area (Å²) in [7, 11) is 0. The Hall–Kier alpha value is -1.42. The van der Waals surface area contributed by atoms with Crippen LogP contribution in [0.25, 0.3) is 10.4 Å². The van der Waals surface area contributed by atoms with Gasteiger partial charge in [-0.2, -0.15) is 0 Å². The second kappa shape index (κ2) is 11.4. The van der Waals surface area contributed by atoms with Gasteiger partial charge in [0.05, 0.1) is 0 Å². The van der Waals surface area contributed by atoms with Crippen molar-refractivity contribution >= 4 is 6.09 Å². The normalized spacial score (nSPS) is 10.8. The topological polar surface area (TPSA) is 87.1 Å². The third kappa shape index (κ3) is 14.6. The highest BCUT2D eigenvalue weighted by Gasteiger charge is 2.15. The van der Waals surface area contributed by atoms with Crippen molar-refractivity contribution in [1.82, 2.24) is 5.32 Å². The first-order valence-corrected chi connectivity index (χ1v) is 7.43. The Morgan fingerprint density at radius 2 is 1.65 bits per heavy atom. The van der Waals surface area contributed by atoms with Gasteiger partial charge in [-0.3, -0.25) is 0 Å². The predicted molar refractivity (Wildman–Crippen MR) is 80.6 cm³/mol. The van der Waals surface area contributed by atoms with Gasteiger partial charge in [-0.25, -0.2) is 4.79 Å². The minimum Gasteiger partial charge on any atom is -0.444 e. The predicted octanol–water partition coefficient (Wildman–Crippen LogP) is 4.55. The fraction of sp³-hybridized carbons (Fsp3) is 0.929. The zero-order chi connectivity index (χ0) is 15.3. The first-order chi connectivity index (χ1) is 9.45. The Bertz CT molecular complexity index is 307. The fourth-order valence-electron chi connectivity index (χ4n) is 1.74. The van der Waals surface area contributed by atoms with Gasteiger partial charge in [-0.05, 0) is 39.1 Å². The standard InChI is InChI=1S/C14H28N4O2/c1-14(2,3)20-13(19)16-11-9-7-5-4-6-8-10-12-17-18-15/h4-12H2,1-3H3,(H,16,19). The number of rotatable bonds is 10. The van der Waals surface area contributed by atoms with Gasteiger partial charge in [0.1, 0.15) is 5.60 Å². The zero-order valence-corrected chi connectivity index (χ0v) is 13.0. The van der Waals surface area contributed by atoms with E-state index >= 15 is 0 Å². The van der Waals surface area contributed by atoms with E-state index in [1.807, 2.05) is 20.8 Å². The van der Waals surface area contributed by atoms with E-state index in [1.54, 1.807) is 0 Å². The number of nitrogens with zero attached hydrogens (tertiary/aromatic N) is 3. The van der Waals surface area contributed by atoms with Gasteiger partial charge in [0.2, 0.25) is 0 Å². The van der Waals surface area contributed by atoms with Crippen LogP contribution in [0.3, 0.4) is 0 Å². The largest absolute Gasteiger partial charge is 0.444 e. The molecule has 0 aliphatic carbocycles. The van der Waals surface area contributed by atoms with E-state index in [-0.39, 0.29) is 6.09 Å². The van der Waals surface area contributed by atoms with Crippen molar-refractivity contribution in [3.05, 3.63) is 10.4 Å². The lowest BCUT2D eigenvalue weighted by atomic mass is 10.1. The van der Waals surface area contributed by atoms with E-state index < -0.39 is 5.60 Å². The summed E-state index contributed by atoms with van der Waals surface area (Å²) in [6, 6.07) is 0. The summed E-state index contributed by atoms with van der Waals surface area (Å²) in [6.45, 7) is 6.85. The Morgan fingerprint density at radius 3 is 2.20 bits per heavy atom. The Balaban J connectivity index is 3.24. The van der Waals surface area contributed by atoms with E-state index in [4.69, 9.17) is 10.3 Å². The maximum atomic E-state index is 11.4. The van der Waals surface area contributed by atoms with Gasteiger partial charge in [-0.15, -0.1) is 0 Å². The lowest BCUT2D eigenvalue weighted by Crippen LogP contribution is -2.32. The molecule has 0 saturated heterocycles. The molecule has 6 nitrogen and oxygen atoms in total. The number of azide groups is 1. The van der Waals surface area contributed by atoms with Crippen LogP contribution in [0.5, 0.6) is 0 Å². The molecule has 0 heterocycles. The molecule has 0 radical (unpaired) electrons. The van der Waals surface area contributed by atoms with E-state index in [2.05, 4.69) is 15.3 Å². The lowest BCUT2D eigenvalue weighted by molar-refractivity contribution is 0.0527. The minimum absolute atomic E-state index is 0.337. The second-order valence-corrected chi connectivity index (χ2v) is 5.86.